The zero-order chi connectivity index (χ0) is 14.1. The number of aliphatic carboxylic acids is 1. The minimum atomic E-state index is -6.33. The van der Waals surface area contributed by atoms with E-state index in [4.69, 9.17) is 5.11 Å². The van der Waals surface area contributed by atoms with Crippen molar-refractivity contribution in [1.29, 1.82) is 0 Å². The SMILES string of the molecule is O=C(O)CN(CC(F)(F)F)S(=O)(=O)C(F)(F)F. The molecule has 0 heterocycles. The highest BCUT2D eigenvalue weighted by Crippen LogP contribution is 2.29. The van der Waals surface area contributed by atoms with Gasteiger partial charge in [-0.05, 0) is 0 Å². The maximum atomic E-state index is 11.9. The van der Waals surface area contributed by atoms with Gasteiger partial charge in [-0.3, -0.25) is 4.79 Å². The molecule has 5 nitrogen and oxygen atoms in total. The molecule has 0 fully saturated rings. The van der Waals surface area contributed by atoms with Gasteiger partial charge in [-0.25, -0.2) is 8.42 Å². The summed E-state index contributed by atoms with van der Waals surface area (Å²) >= 11 is 0. The minimum absolute atomic E-state index is 1.20. The Morgan fingerprint density at radius 3 is 1.76 bits per heavy atom. The number of sulfonamides is 1. The minimum Gasteiger partial charge on any atom is -0.480 e. The smallest absolute Gasteiger partial charge is 0.480 e. The van der Waals surface area contributed by atoms with Crippen LogP contribution in [0, 0.1) is 0 Å². The van der Waals surface area contributed by atoms with Crippen LogP contribution in [-0.2, 0) is 14.8 Å². The molecule has 0 aliphatic rings. The Hall–Kier alpha value is -1.04. The summed E-state index contributed by atoms with van der Waals surface area (Å²) in [6, 6.07) is 0. The lowest BCUT2D eigenvalue weighted by atomic mass is 10.6. The van der Waals surface area contributed by atoms with Crippen LogP contribution in [0.15, 0.2) is 0 Å². The predicted octanol–water partition coefficient (Wildman–Crippen LogP) is 0.785. The number of carbonyl (C=O) groups is 1. The van der Waals surface area contributed by atoms with Crippen LogP contribution in [-0.4, -0.2) is 48.6 Å². The van der Waals surface area contributed by atoms with E-state index in [-0.39, 0.29) is 0 Å². The monoisotopic (exact) mass is 289 g/mol. The molecule has 0 aliphatic carbocycles. The van der Waals surface area contributed by atoms with Crippen molar-refractivity contribution in [3.05, 3.63) is 0 Å². The summed E-state index contributed by atoms with van der Waals surface area (Å²) in [6.45, 7) is -4.46. The van der Waals surface area contributed by atoms with Crippen molar-refractivity contribution in [2.75, 3.05) is 13.1 Å². The number of nitrogens with zero attached hydrogens (tertiary/aromatic N) is 1. The maximum absolute atomic E-state index is 11.9. The molecule has 17 heavy (non-hydrogen) atoms. The van der Waals surface area contributed by atoms with Crippen LogP contribution < -0.4 is 0 Å². The number of carboxylic acid groups (broad SMARTS) is 1. The van der Waals surface area contributed by atoms with Crippen molar-refractivity contribution in [3.8, 4) is 0 Å². The van der Waals surface area contributed by atoms with Crippen molar-refractivity contribution >= 4 is 16.0 Å². The average molecular weight is 289 g/mol. The van der Waals surface area contributed by atoms with Crippen LogP contribution in [0.3, 0.4) is 0 Å². The van der Waals surface area contributed by atoms with Crippen molar-refractivity contribution < 1.29 is 44.7 Å². The fraction of sp³-hybridized carbons (Fsp3) is 0.800. The number of hydrogen-bond acceptors (Lipinski definition) is 3. The molecule has 0 saturated carbocycles. The molecule has 0 unspecified atom stereocenters. The molecule has 0 bridgehead atoms. The Morgan fingerprint density at radius 2 is 1.53 bits per heavy atom. The predicted molar refractivity (Wildman–Crippen MR) is 40.2 cm³/mol. The van der Waals surface area contributed by atoms with Gasteiger partial charge in [0.25, 0.3) is 0 Å². The maximum Gasteiger partial charge on any atom is 0.511 e. The Balaban J connectivity index is 5.27. The number of carboxylic acids is 1. The lowest BCUT2D eigenvalue weighted by Gasteiger charge is -2.22. The summed E-state index contributed by atoms with van der Waals surface area (Å²) < 4.78 is 91.2. The third-order valence-corrected chi connectivity index (χ3v) is 2.82. The number of alkyl halides is 6. The first-order valence-electron chi connectivity index (χ1n) is 3.62. The first kappa shape index (κ1) is 16.0. The number of halogens is 6. The van der Waals surface area contributed by atoms with Gasteiger partial charge < -0.3 is 5.11 Å². The summed E-state index contributed by atoms with van der Waals surface area (Å²) in [6.07, 6.45) is -5.28. The van der Waals surface area contributed by atoms with Crippen LogP contribution in [0.1, 0.15) is 0 Å². The van der Waals surface area contributed by atoms with Crippen LogP contribution >= 0.6 is 0 Å². The first-order chi connectivity index (χ1) is 7.27. The van der Waals surface area contributed by atoms with Gasteiger partial charge in [-0.2, -0.15) is 30.6 Å². The first-order valence-corrected chi connectivity index (χ1v) is 5.06. The summed E-state index contributed by atoms with van der Waals surface area (Å²) in [4.78, 5) is 10.0. The molecule has 0 aromatic heterocycles. The topological polar surface area (TPSA) is 74.7 Å². The normalized spacial score (nSPS) is 14.1. The Bertz CT molecular complexity index is 384. The second-order valence-corrected chi connectivity index (χ2v) is 4.66. The second kappa shape index (κ2) is 4.68. The number of rotatable bonds is 4. The van der Waals surface area contributed by atoms with Gasteiger partial charge in [-0.1, -0.05) is 0 Å². The highest BCUT2D eigenvalue weighted by molar-refractivity contribution is 7.90. The molecule has 0 aromatic carbocycles. The Labute approximate surface area is 90.7 Å². The molecule has 0 aromatic rings. The van der Waals surface area contributed by atoms with Crippen LogP contribution in [0.2, 0.25) is 0 Å². The van der Waals surface area contributed by atoms with Gasteiger partial charge >= 0.3 is 27.7 Å². The molecule has 0 radical (unpaired) electrons. The average Bonchev–Trinajstić information content (AvgIpc) is 1.96. The lowest BCUT2D eigenvalue weighted by molar-refractivity contribution is -0.147. The van der Waals surface area contributed by atoms with Gasteiger partial charge in [0.15, 0.2) is 0 Å². The molecule has 0 rings (SSSR count). The summed E-state index contributed by atoms with van der Waals surface area (Å²) in [5.74, 6) is -2.14. The zero-order valence-corrected chi connectivity index (χ0v) is 8.53. The fourth-order valence-corrected chi connectivity index (χ4v) is 1.61. The van der Waals surface area contributed by atoms with E-state index in [1.807, 2.05) is 0 Å². The van der Waals surface area contributed by atoms with E-state index in [0.717, 1.165) is 0 Å². The second-order valence-electron chi connectivity index (χ2n) is 2.73. The summed E-state index contributed by atoms with van der Waals surface area (Å²) in [5, 5.41) is 8.07. The van der Waals surface area contributed by atoms with E-state index in [1.54, 1.807) is 0 Å². The van der Waals surface area contributed by atoms with E-state index in [0.29, 0.717) is 0 Å². The quantitative estimate of drug-likeness (QED) is 0.776. The van der Waals surface area contributed by atoms with Gasteiger partial charge in [0, 0.05) is 0 Å². The van der Waals surface area contributed by atoms with Crippen molar-refractivity contribution in [2.45, 2.75) is 11.7 Å². The van der Waals surface area contributed by atoms with E-state index in [2.05, 4.69) is 0 Å². The Morgan fingerprint density at radius 1 is 1.12 bits per heavy atom. The molecule has 0 atom stereocenters. The van der Waals surface area contributed by atoms with Gasteiger partial charge in [0.05, 0.1) is 0 Å². The fourth-order valence-electron chi connectivity index (χ4n) is 0.723. The highest BCUT2D eigenvalue weighted by atomic mass is 32.2. The standard InChI is InChI=1S/C5H5F6NO4S/c6-4(7,8)2-12(1-3(13)14)17(15,16)5(9,10)11/h1-2H2,(H,13,14). The van der Waals surface area contributed by atoms with Gasteiger partial charge in [-0.15, -0.1) is 0 Å². The van der Waals surface area contributed by atoms with Crippen molar-refractivity contribution in [3.63, 3.8) is 0 Å². The lowest BCUT2D eigenvalue weighted by Crippen LogP contribution is -2.47. The molecule has 0 amide bonds. The molecule has 102 valence electrons. The largest absolute Gasteiger partial charge is 0.511 e. The number of hydrogen-bond donors (Lipinski definition) is 1. The van der Waals surface area contributed by atoms with Crippen LogP contribution in [0.4, 0.5) is 26.3 Å². The zero-order valence-electron chi connectivity index (χ0n) is 7.71. The van der Waals surface area contributed by atoms with E-state index < -0.39 is 45.1 Å². The third-order valence-electron chi connectivity index (χ3n) is 1.30. The molecule has 12 heteroatoms. The molecule has 1 N–H and O–H groups in total. The summed E-state index contributed by atoms with van der Waals surface area (Å²) in [7, 11) is -6.33. The molecule has 0 spiro atoms. The molecular weight excluding hydrogens is 284 g/mol. The van der Waals surface area contributed by atoms with E-state index >= 15 is 0 Å². The van der Waals surface area contributed by atoms with Crippen molar-refractivity contribution in [1.82, 2.24) is 4.31 Å². The van der Waals surface area contributed by atoms with Crippen LogP contribution in [0.5, 0.6) is 0 Å². The Kier molecular flexibility index (Phi) is 4.39. The van der Waals surface area contributed by atoms with Gasteiger partial charge in [0.2, 0.25) is 0 Å². The van der Waals surface area contributed by atoms with E-state index in [1.165, 1.54) is 0 Å². The molecular formula is C5H5F6NO4S. The van der Waals surface area contributed by atoms with Gasteiger partial charge in [0.1, 0.15) is 13.1 Å². The highest BCUT2D eigenvalue weighted by Gasteiger charge is 2.52. The third kappa shape index (κ3) is 4.77. The van der Waals surface area contributed by atoms with Crippen LogP contribution in [0.25, 0.3) is 0 Å². The van der Waals surface area contributed by atoms with E-state index in [9.17, 15) is 39.6 Å². The summed E-state index contributed by atoms with van der Waals surface area (Å²) in [5.41, 5.74) is -5.99. The molecule has 0 aliphatic heterocycles. The molecule has 0 saturated heterocycles. The van der Waals surface area contributed by atoms with Crippen molar-refractivity contribution in [2.24, 2.45) is 0 Å².